The van der Waals surface area contributed by atoms with Crippen molar-refractivity contribution in [2.24, 2.45) is 0 Å². The molecule has 2 aliphatic rings. The van der Waals surface area contributed by atoms with Gasteiger partial charge in [-0.25, -0.2) is 4.79 Å². The van der Waals surface area contributed by atoms with Crippen molar-refractivity contribution >= 4 is 11.9 Å². The summed E-state index contributed by atoms with van der Waals surface area (Å²) in [6, 6.07) is -0.379. The summed E-state index contributed by atoms with van der Waals surface area (Å²) in [7, 11) is 0. The summed E-state index contributed by atoms with van der Waals surface area (Å²) in [5.74, 6) is -0.195. The molecule has 0 aromatic carbocycles. The Labute approximate surface area is 94.2 Å². The van der Waals surface area contributed by atoms with Crippen molar-refractivity contribution in [3.8, 4) is 0 Å². The molecule has 1 aliphatic heterocycles. The van der Waals surface area contributed by atoms with E-state index in [1.165, 1.54) is 0 Å². The van der Waals surface area contributed by atoms with Gasteiger partial charge in [0.15, 0.2) is 0 Å². The van der Waals surface area contributed by atoms with Crippen LogP contribution in [0, 0.1) is 0 Å². The second-order valence-corrected chi connectivity index (χ2v) is 4.31. The van der Waals surface area contributed by atoms with E-state index in [-0.39, 0.29) is 18.0 Å². The van der Waals surface area contributed by atoms with Gasteiger partial charge < -0.3 is 10.1 Å². The molecule has 2 rings (SSSR count). The Kier molecular flexibility index (Phi) is 2.96. The first-order valence-electron chi connectivity index (χ1n) is 5.52. The predicted molar refractivity (Wildman–Crippen MR) is 57.8 cm³/mol. The normalized spacial score (nSPS) is 33.6. The zero-order valence-corrected chi connectivity index (χ0v) is 9.12. The van der Waals surface area contributed by atoms with Crippen LogP contribution in [-0.4, -0.2) is 30.2 Å². The van der Waals surface area contributed by atoms with Crippen LogP contribution in [0.5, 0.6) is 0 Å². The molecule has 5 nitrogen and oxygen atoms in total. The highest BCUT2D eigenvalue weighted by molar-refractivity contribution is 6.07. The highest BCUT2D eigenvalue weighted by Gasteiger charge is 2.48. The molecule has 0 bridgehead atoms. The number of amides is 3. The highest BCUT2D eigenvalue weighted by atomic mass is 16.5. The molecule has 1 spiro atoms. The summed E-state index contributed by atoms with van der Waals surface area (Å²) >= 11 is 0. The maximum atomic E-state index is 11.6. The maximum Gasteiger partial charge on any atom is 0.322 e. The smallest absolute Gasteiger partial charge is 0.322 e. The minimum absolute atomic E-state index is 0.175. The molecule has 0 atom stereocenters. The fourth-order valence-electron chi connectivity index (χ4n) is 2.34. The number of carbonyl (C=O) groups excluding carboxylic acids is 2. The lowest BCUT2D eigenvalue weighted by Crippen LogP contribution is -2.50. The SMILES string of the molecule is C=CCOC1CCC2(CC1)NC(=O)NC2=O. The average molecular weight is 224 g/mol. The molecule has 1 heterocycles. The number of hydrogen-bond donors (Lipinski definition) is 2. The number of carbonyl (C=O) groups is 2. The van der Waals surface area contributed by atoms with Gasteiger partial charge in [0, 0.05) is 0 Å². The summed E-state index contributed by atoms with van der Waals surface area (Å²) in [6.07, 6.45) is 4.77. The van der Waals surface area contributed by atoms with E-state index in [0.717, 1.165) is 12.8 Å². The molecular formula is C11H16N2O3. The minimum atomic E-state index is -0.675. The fraction of sp³-hybridized carbons (Fsp3) is 0.636. The first kappa shape index (κ1) is 11.1. The van der Waals surface area contributed by atoms with Gasteiger partial charge in [-0.3, -0.25) is 10.1 Å². The van der Waals surface area contributed by atoms with Crippen LogP contribution in [0.4, 0.5) is 4.79 Å². The van der Waals surface area contributed by atoms with Crippen molar-refractivity contribution in [2.45, 2.75) is 37.3 Å². The summed E-state index contributed by atoms with van der Waals surface area (Å²) in [5.41, 5.74) is -0.675. The second-order valence-electron chi connectivity index (χ2n) is 4.31. The topological polar surface area (TPSA) is 67.4 Å². The third kappa shape index (κ3) is 1.95. The predicted octanol–water partition coefficient (Wildman–Crippen LogP) is 0.710. The van der Waals surface area contributed by atoms with E-state index in [1.54, 1.807) is 6.08 Å². The largest absolute Gasteiger partial charge is 0.374 e. The lowest BCUT2D eigenvalue weighted by atomic mass is 9.80. The van der Waals surface area contributed by atoms with Gasteiger partial charge in [0.05, 0.1) is 12.7 Å². The van der Waals surface area contributed by atoms with Gasteiger partial charge in [0.25, 0.3) is 5.91 Å². The number of ether oxygens (including phenoxy) is 1. The Morgan fingerprint density at radius 3 is 2.62 bits per heavy atom. The Bertz CT molecular complexity index is 319. The van der Waals surface area contributed by atoms with E-state index in [4.69, 9.17) is 4.74 Å². The van der Waals surface area contributed by atoms with Gasteiger partial charge in [-0.1, -0.05) is 6.08 Å². The molecule has 0 unspecified atom stereocenters. The van der Waals surface area contributed by atoms with Crippen LogP contribution in [0.1, 0.15) is 25.7 Å². The number of rotatable bonds is 3. The number of urea groups is 1. The summed E-state index contributed by atoms with van der Waals surface area (Å²) < 4.78 is 5.53. The molecule has 5 heteroatoms. The molecule has 3 amide bonds. The zero-order valence-electron chi connectivity index (χ0n) is 9.12. The van der Waals surface area contributed by atoms with Crippen LogP contribution in [-0.2, 0) is 9.53 Å². The lowest BCUT2D eigenvalue weighted by Gasteiger charge is -2.34. The van der Waals surface area contributed by atoms with E-state index in [9.17, 15) is 9.59 Å². The Morgan fingerprint density at radius 2 is 2.12 bits per heavy atom. The lowest BCUT2D eigenvalue weighted by molar-refractivity contribution is -0.126. The highest BCUT2D eigenvalue weighted by Crippen LogP contribution is 2.32. The van der Waals surface area contributed by atoms with Crippen molar-refractivity contribution in [3.63, 3.8) is 0 Å². The zero-order chi connectivity index (χ0) is 11.6. The first-order chi connectivity index (χ1) is 7.66. The first-order valence-corrected chi connectivity index (χ1v) is 5.52. The van der Waals surface area contributed by atoms with Crippen molar-refractivity contribution in [2.75, 3.05) is 6.61 Å². The Balaban J connectivity index is 1.91. The summed E-state index contributed by atoms with van der Waals surface area (Å²) in [4.78, 5) is 22.7. The molecule has 1 aliphatic carbocycles. The van der Waals surface area contributed by atoms with Gasteiger partial charge >= 0.3 is 6.03 Å². The molecule has 2 fully saturated rings. The molecular weight excluding hydrogens is 208 g/mol. The third-order valence-corrected chi connectivity index (χ3v) is 3.25. The number of hydrogen-bond acceptors (Lipinski definition) is 3. The van der Waals surface area contributed by atoms with Gasteiger partial charge in [0.1, 0.15) is 5.54 Å². The molecule has 0 aromatic heterocycles. The number of imide groups is 1. The van der Waals surface area contributed by atoms with Crippen molar-refractivity contribution < 1.29 is 14.3 Å². The van der Waals surface area contributed by atoms with Gasteiger partial charge in [-0.15, -0.1) is 6.58 Å². The number of nitrogens with one attached hydrogen (secondary N) is 2. The average Bonchev–Trinajstić information content (AvgIpc) is 2.53. The summed E-state index contributed by atoms with van der Waals surface area (Å²) in [5, 5.41) is 5.01. The fourth-order valence-corrected chi connectivity index (χ4v) is 2.34. The van der Waals surface area contributed by atoms with E-state index >= 15 is 0 Å². The van der Waals surface area contributed by atoms with Gasteiger partial charge in [0.2, 0.25) is 0 Å². The van der Waals surface area contributed by atoms with Gasteiger partial charge in [-0.05, 0) is 25.7 Å². The van der Waals surface area contributed by atoms with Crippen molar-refractivity contribution in [3.05, 3.63) is 12.7 Å². The molecule has 88 valence electrons. The maximum absolute atomic E-state index is 11.6. The Morgan fingerprint density at radius 1 is 1.44 bits per heavy atom. The molecule has 16 heavy (non-hydrogen) atoms. The molecule has 0 radical (unpaired) electrons. The third-order valence-electron chi connectivity index (χ3n) is 3.25. The van der Waals surface area contributed by atoms with E-state index in [0.29, 0.717) is 19.4 Å². The minimum Gasteiger partial charge on any atom is -0.374 e. The van der Waals surface area contributed by atoms with Crippen LogP contribution in [0.2, 0.25) is 0 Å². The summed E-state index contributed by atoms with van der Waals surface area (Å²) in [6.45, 7) is 4.13. The van der Waals surface area contributed by atoms with E-state index < -0.39 is 5.54 Å². The van der Waals surface area contributed by atoms with Crippen molar-refractivity contribution in [1.29, 1.82) is 0 Å². The van der Waals surface area contributed by atoms with Crippen LogP contribution in [0.25, 0.3) is 0 Å². The monoisotopic (exact) mass is 224 g/mol. The quantitative estimate of drug-likeness (QED) is 0.548. The molecule has 2 N–H and O–H groups in total. The molecule has 1 saturated carbocycles. The van der Waals surface area contributed by atoms with Crippen LogP contribution in [0.15, 0.2) is 12.7 Å². The van der Waals surface area contributed by atoms with E-state index in [1.807, 2.05) is 0 Å². The molecule has 0 aromatic rings. The van der Waals surface area contributed by atoms with Crippen LogP contribution >= 0.6 is 0 Å². The van der Waals surface area contributed by atoms with E-state index in [2.05, 4.69) is 17.2 Å². The van der Waals surface area contributed by atoms with Gasteiger partial charge in [-0.2, -0.15) is 0 Å². The van der Waals surface area contributed by atoms with Crippen LogP contribution < -0.4 is 10.6 Å². The van der Waals surface area contributed by atoms with Crippen molar-refractivity contribution in [1.82, 2.24) is 10.6 Å². The standard InChI is InChI=1S/C11H16N2O3/c1-2-7-16-8-3-5-11(6-4-8)9(14)12-10(15)13-11/h2,8H,1,3-7H2,(H2,12,13,14,15). The second kappa shape index (κ2) is 4.25. The molecule has 1 saturated heterocycles. The Hall–Kier alpha value is -1.36. The van der Waals surface area contributed by atoms with Crippen LogP contribution in [0.3, 0.4) is 0 Å².